The number of nitrogens with zero attached hydrogens (tertiary/aromatic N) is 1. The van der Waals surface area contributed by atoms with Crippen LogP contribution in [0, 0.1) is 19.8 Å². The summed E-state index contributed by atoms with van der Waals surface area (Å²) < 4.78 is 0. The number of halogens is 1. The number of H-pyrrole nitrogens is 1. The Morgan fingerprint density at radius 3 is 2.04 bits per heavy atom. The molecule has 0 fully saturated rings. The summed E-state index contributed by atoms with van der Waals surface area (Å²) in [4.78, 5) is 32.4. The number of allylic oxidation sites excluding steroid dienone is 1. The minimum Gasteiger partial charge on any atom is -0.481 e. The number of nitrogens with one attached hydrogen (secondary N) is 3. The number of carboxylic acid groups (broad SMARTS) is 1. The first kappa shape index (κ1) is 45.1. The highest BCUT2D eigenvalue weighted by atomic mass is 35.5. The summed E-state index contributed by atoms with van der Waals surface area (Å²) in [6.45, 7) is 24.3. The van der Waals surface area contributed by atoms with Gasteiger partial charge in [-0.15, -0.1) is 6.58 Å². The maximum absolute atomic E-state index is 12.6. The Morgan fingerprint density at radius 2 is 1.64 bits per heavy atom. The maximum Gasteiger partial charge on any atom is 0.300 e. The molecule has 1 atom stereocenters. The van der Waals surface area contributed by atoms with E-state index in [1.165, 1.54) is 12.0 Å². The topological polar surface area (TPSA) is 124 Å². The van der Waals surface area contributed by atoms with Gasteiger partial charge >= 0.3 is 0 Å². The number of aryl methyl sites for hydroxylation is 2. The predicted molar refractivity (Wildman–Crippen MR) is 198 cm³/mol. The summed E-state index contributed by atoms with van der Waals surface area (Å²) in [7, 11) is 0. The maximum atomic E-state index is 12.6. The van der Waals surface area contributed by atoms with E-state index in [0.717, 1.165) is 52.3 Å². The number of anilines is 1. The number of aliphatic carboxylic acids is 1. The fraction of sp³-hybridized carbons (Fsp3) is 0.421. The number of aromatic nitrogens is 2. The lowest BCUT2D eigenvalue weighted by Gasteiger charge is -2.26. The second-order valence-electron chi connectivity index (χ2n) is 10.8. The first-order valence-electron chi connectivity index (χ1n) is 16.1. The Morgan fingerprint density at radius 1 is 1.09 bits per heavy atom. The summed E-state index contributed by atoms with van der Waals surface area (Å²) in [5, 5.41) is 21.1. The third-order valence-electron chi connectivity index (χ3n) is 6.47. The van der Waals surface area contributed by atoms with Crippen LogP contribution in [-0.2, 0) is 14.4 Å². The van der Waals surface area contributed by atoms with Gasteiger partial charge in [-0.2, -0.15) is 5.10 Å². The van der Waals surface area contributed by atoms with Gasteiger partial charge in [0, 0.05) is 46.9 Å². The van der Waals surface area contributed by atoms with Crippen molar-refractivity contribution in [1.29, 1.82) is 0 Å². The van der Waals surface area contributed by atoms with Crippen LogP contribution in [0.1, 0.15) is 96.5 Å². The number of amides is 1. The highest BCUT2D eigenvalue weighted by Gasteiger charge is 2.30. The van der Waals surface area contributed by atoms with Crippen molar-refractivity contribution >= 4 is 35.5 Å². The molecule has 2 aromatic carbocycles. The monoisotopic (exact) mass is 668 g/mol. The molecule has 260 valence electrons. The van der Waals surface area contributed by atoms with Crippen LogP contribution in [0.4, 0.5) is 5.69 Å². The van der Waals surface area contributed by atoms with Gasteiger partial charge in [-0.1, -0.05) is 101 Å². The molecule has 8 nitrogen and oxygen atoms in total. The standard InChI is InChI=1S/C18H20N4O2.C7H7Cl.C5H12.C4H8.C2H4O2.C2H6/c1-11-7-19-9-16(24)17(11)18(15-8-21-22-12(15)2)13-4-3-5-14(6-13)20-10-23;1-6-2-4-7(8)5-3-6;1-4-5(2)3;1-3-4-2;1-2(3)4;1-2/h3-6,8,10,18-19H,7,9H2,1-2H3,(H,20,23)(H,21,22);2-5H,1H3;5H,4H2,1-3H3;3H,1,4H2,2H3;1H3,(H,3,4);1-2H3. The number of aromatic amines is 1. The van der Waals surface area contributed by atoms with Crippen molar-refractivity contribution in [2.75, 3.05) is 18.4 Å². The molecule has 1 aliphatic rings. The second-order valence-corrected chi connectivity index (χ2v) is 11.2. The molecule has 47 heavy (non-hydrogen) atoms. The Hall–Kier alpha value is -4.01. The van der Waals surface area contributed by atoms with Gasteiger partial charge in [0.15, 0.2) is 5.78 Å². The molecule has 3 aromatic rings. The zero-order valence-corrected chi connectivity index (χ0v) is 30.8. The SMILES string of the molecule is C=CCC.CC.CC(=O)O.CC1=C(C(c2cccc(NC=O)c2)c2cn[nH]c2C)C(=O)CNC1.CCC(C)C.Cc1ccc(Cl)cc1. The van der Waals surface area contributed by atoms with Gasteiger partial charge in [-0.05, 0) is 62.9 Å². The summed E-state index contributed by atoms with van der Waals surface area (Å²) in [5.41, 5.74) is 6.65. The number of carbonyl (C=O) groups is 3. The van der Waals surface area contributed by atoms with Gasteiger partial charge in [0.25, 0.3) is 5.97 Å². The van der Waals surface area contributed by atoms with Gasteiger partial charge in [-0.25, -0.2) is 0 Å². The van der Waals surface area contributed by atoms with Crippen LogP contribution < -0.4 is 10.6 Å². The number of hydrogen-bond acceptors (Lipinski definition) is 5. The van der Waals surface area contributed by atoms with E-state index in [1.807, 2.05) is 89.2 Å². The quantitative estimate of drug-likeness (QED) is 0.147. The highest BCUT2D eigenvalue weighted by Crippen LogP contribution is 2.37. The molecule has 2 heterocycles. The van der Waals surface area contributed by atoms with Crippen molar-refractivity contribution in [2.45, 2.75) is 88.0 Å². The number of ketones is 1. The van der Waals surface area contributed by atoms with Crippen molar-refractivity contribution in [1.82, 2.24) is 15.5 Å². The molecule has 4 N–H and O–H groups in total. The summed E-state index contributed by atoms with van der Waals surface area (Å²) in [6.07, 6.45) is 6.69. The van der Waals surface area contributed by atoms with Crippen LogP contribution in [0.5, 0.6) is 0 Å². The number of rotatable bonds is 7. The van der Waals surface area contributed by atoms with Crippen LogP contribution in [0.2, 0.25) is 5.02 Å². The molecule has 9 heteroatoms. The van der Waals surface area contributed by atoms with Crippen LogP contribution in [0.3, 0.4) is 0 Å². The van der Waals surface area contributed by atoms with E-state index in [-0.39, 0.29) is 11.7 Å². The summed E-state index contributed by atoms with van der Waals surface area (Å²) in [6, 6.07) is 15.3. The zero-order valence-electron chi connectivity index (χ0n) is 30.0. The second kappa shape index (κ2) is 27.1. The first-order valence-corrected chi connectivity index (χ1v) is 16.5. The minimum absolute atomic E-state index is 0.0955. The van der Waals surface area contributed by atoms with Gasteiger partial charge in [0.05, 0.1) is 12.7 Å². The highest BCUT2D eigenvalue weighted by molar-refractivity contribution is 6.30. The first-order chi connectivity index (χ1) is 22.3. The minimum atomic E-state index is -0.833. The largest absolute Gasteiger partial charge is 0.481 e. The fourth-order valence-corrected chi connectivity index (χ4v) is 3.89. The number of carboxylic acids is 1. The Kier molecular flexibility index (Phi) is 26.0. The number of benzene rings is 2. The third kappa shape index (κ3) is 20.0. The molecule has 0 spiro atoms. The summed E-state index contributed by atoms with van der Waals surface area (Å²) >= 11 is 5.61. The van der Waals surface area contributed by atoms with Gasteiger partial charge in [0.1, 0.15) is 0 Å². The normalized spacial score (nSPS) is 12.0. The van der Waals surface area contributed by atoms with Crippen LogP contribution >= 0.6 is 11.6 Å². The number of hydrogen-bond donors (Lipinski definition) is 4. The lowest BCUT2D eigenvalue weighted by molar-refractivity contribution is -0.134. The molecule has 1 aromatic heterocycles. The molecular formula is C38H57ClN4O4. The van der Waals surface area contributed by atoms with E-state index in [1.54, 1.807) is 6.20 Å². The van der Waals surface area contributed by atoms with Gasteiger partial charge in [-0.3, -0.25) is 19.5 Å². The Balaban J connectivity index is 0. The Labute approximate surface area is 288 Å². The van der Waals surface area contributed by atoms with Gasteiger partial charge in [0.2, 0.25) is 6.41 Å². The zero-order chi connectivity index (χ0) is 36.4. The van der Waals surface area contributed by atoms with Crippen molar-refractivity contribution in [3.63, 3.8) is 0 Å². The van der Waals surface area contributed by atoms with E-state index < -0.39 is 5.97 Å². The summed E-state index contributed by atoms with van der Waals surface area (Å²) in [5.74, 6) is -0.0557. The fourth-order valence-electron chi connectivity index (χ4n) is 3.76. The van der Waals surface area contributed by atoms with E-state index >= 15 is 0 Å². The smallest absolute Gasteiger partial charge is 0.300 e. The lowest BCUT2D eigenvalue weighted by Crippen LogP contribution is -2.34. The van der Waals surface area contributed by atoms with E-state index in [2.05, 4.69) is 55.1 Å². The number of carbonyl (C=O) groups excluding carboxylic acids is 2. The number of Topliss-reactive ketones (excluding diaryl/α,β-unsaturated/α-hetero) is 1. The molecular weight excluding hydrogens is 612 g/mol. The van der Waals surface area contributed by atoms with Crippen LogP contribution in [0.25, 0.3) is 0 Å². The molecule has 4 rings (SSSR count). The molecule has 0 bridgehead atoms. The molecule has 1 aliphatic heterocycles. The lowest BCUT2D eigenvalue weighted by atomic mass is 9.79. The van der Waals surface area contributed by atoms with Crippen LogP contribution in [-0.4, -0.2) is 46.6 Å². The third-order valence-corrected chi connectivity index (χ3v) is 6.72. The molecule has 0 aliphatic carbocycles. The van der Waals surface area contributed by atoms with Crippen molar-refractivity contribution < 1.29 is 19.5 Å². The van der Waals surface area contributed by atoms with E-state index in [4.69, 9.17) is 21.5 Å². The van der Waals surface area contributed by atoms with Crippen molar-refractivity contribution in [3.8, 4) is 0 Å². The predicted octanol–water partition coefficient (Wildman–Crippen LogP) is 9.31. The van der Waals surface area contributed by atoms with E-state index in [9.17, 15) is 9.59 Å². The average molecular weight is 669 g/mol. The molecule has 1 unspecified atom stereocenters. The molecule has 0 saturated heterocycles. The van der Waals surface area contributed by atoms with Crippen molar-refractivity contribution in [3.05, 3.63) is 106 Å². The molecule has 0 radical (unpaired) electrons. The average Bonchev–Trinajstić information content (AvgIpc) is 3.47. The van der Waals surface area contributed by atoms with Gasteiger partial charge < -0.3 is 15.7 Å². The molecule has 0 saturated carbocycles. The van der Waals surface area contributed by atoms with Crippen molar-refractivity contribution in [2.24, 2.45) is 5.92 Å². The Bertz CT molecular complexity index is 1320. The van der Waals surface area contributed by atoms with E-state index in [0.29, 0.717) is 25.2 Å². The molecule has 1 amide bonds. The van der Waals surface area contributed by atoms with Crippen LogP contribution in [0.15, 0.2) is 78.5 Å².